The SMILES string of the molecule is NC(COc1ccc(F)cc1Cl)c1ccccc1. The summed E-state index contributed by atoms with van der Waals surface area (Å²) in [6.45, 7) is 0.287. The van der Waals surface area contributed by atoms with Gasteiger partial charge in [-0.15, -0.1) is 0 Å². The van der Waals surface area contributed by atoms with Crippen LogP contribution in [0.2, 0.25) is 5.02 Å². The fourth-order valence-electron chi connectivity index (χ4n) is 1.57. The highest BCUT2D eigenvalue weighted by Gasteiger charge is 2.08. The molecule has 1 atom stereocenters. The van der Waals surface area contributed by atoms with Gasteiger partial charge in [0.05, 0.1) is 11.1 Å². The van der Waals surface area contributed by atoms with Crippen LogP contribution in [-0.4, -0.2) is 6.61 Å². The van der Waals surface area contributed by atoms with Gasteiger partial charge in [0.2, 0.25) is 0 Å². The van der Waals surface area contributed by atoms with E-state index in [0.717, 1.165) is 5.56 Å². The van der Waals surface area contributed by atoms with E-state index in [1.54, 1.807) is 0 Å². The van der Waals surface area contributed by atoms with Crippen LogP contribution >= 0.6 is 11.6 Å². The van der Waals surface area contributed by atoms with Crippen LogP contribution in [-0.2, 0) is 0 Å². The minimum absolute atomic E-state index is 0.243. The molecule has 0 saturated carbocycles. The molecular weight excluding hydrogens is 253 g/mol. The van der Waals surface area contributed by atoms with Gasteiger partial charge in [0.25, 0.3) is 0 Å². The van der Waals surface area contributed by atoms with E-state index in [9.17, 15) is 4.39 Å². The Bertz CT molecular complexity index is 518. The molecular formula is C14H13ClFNO. The first-order valence-electron chi connectivity index (χ1n) is 5.55. The maximum atomic E-state index is 12.8. The molecule has 2 rings (SSSR count). The average Bonchev–Trinajstić information content (AvgIpc) is 2.38. The molecule has 0 spiro atoms. The van der Waals surface area contributed by atoms with Gasteiger partial charge in [0.1, 0.15) is 18.2 Å². The summed E-state index contributed by atoms with van der Waals surface area (Å²) >= 11 is 5.85. The first-order chi connectivity index (χ1) is 8.66. The molecule has 2 aromatic rings. The Hall–Kier alpha value is -1.58. The van der Waals surface area contributed by atoms with Crippen LogP contribution in [0.1, 0.15) is 11.6 Å². The van der Waals surface area contributed by atoms with Crippen molar-refractivity contribution in [2.45, 2.75) is 6.04 Å². The highest BCUT2D eigenvalue weighted by atomic mass is 35.5. The Labute approximate surface area is 110 Å². The van der Waals surface area contributed by atoms with Crippen molar-refractivity contribution in [2.75, 3.05) is 6.61 Å². The molecule has 94 valence electrons. The molecule has 0 amide bonds. The molecule has 18 heavy (non-hydrogen) atoms. The predicted molar refractivity (Wildman–Crippen MR) is 70.3 cm³/mol. The van der Waals surface area contributed by atoms with Crippen LogP contribution in [0, 0.1) is 5.82 Å². The van der Waals surface area contributed by atoms with Gasteiger partial charge in [-0.3, -0.25) is 0 Å². The molecule has 0 aliphatic carbocycles. The van der Waals surface area contributed by atoms with Crippen molar-refractivity contribution in [3.8, 4) is 5.75 Å². The number of benzene rings is 2. The van der Waals surface area contributed by atoms with E-state index in [2.05, 4.69) is 0 Å². The van der Waals surface area contributed by atoms with E-state index in [-0.39, 0.29) is 23.5 Å². The highest BCUT2D eigenvalue weighted by molar-refractivity contribution is 6.32. The molecule has 0 aliphatic heterocycles. The number of hydrogen-bond donors (Lipinski definition) is 1. The van der Waals surface area contributed by atoms with Crippen molar-refractivity contribution in [3.05, 3.63) is 64.9 Å². The van der Waals surface area contributed by atoms with Crippen LogP contribution < -0.4 is 10.5 Å². The third-order valence-electron chi connectivity index (χ3n) is 2.54. The minimum Gasteiger partial charge on any atom is -0.490 e. The molecule has 1 unspecified atom stereocenters. The lowest BCUT2D eigenvalue weighted by Crippen LogP contribution is -2.18. The van der Waals surface area contributed by atoms with Crippen molar-refractivity contribution in [3.63, 3.8) is 0 Å². The van der Waals surface area contributed by atoms with Crippen molar-refractivity contribution in [2.24, 2.45) is 5.73 Å². The third-order valence-corrected chi connectivity index (χ3v) is 2.84. The summed E-state index contributed by atoms with van der Waals surface area (Å²) in [5, 5.41) is 0.246. The summed E-state index contributed by atoms with van der Waals surface area (Å²) in [6, 6.07) is 13.4. The minimum atomic E-state index is -0.389. The normalized spacial score (nSPS) is 12.2. The molecule has 2 N–H and O–H groups in total. The smallest absolute Gasteiger partial charge is 0.138 e. The molecule has 2 aromatic carbocycles. The monoisotopic (exact) mass is 265 g/mol. The number of rotatable bonds is 4. The third kappa shape index (κ3) is 3.22. The molecule has 4 heteroatoms. The van der Waals surface area contributed by atoms with Gasteiger partial charge in [0, 0.05) is 0 Å². The summed E-state index contributed by atoms with van der Waals surface area (Å²) in [5.41, 5.74) is 6.96. The van der Waals surface area contributed by atoms with E-state index in [4.69, 9.17) is 22.1 Å². The molecule has 0 aromatic heterocycles. The molecule has 0 radical (unpaired) electrons. The first-order valence-corrected chi connectivity index (χ1v) is 5.93. The van der Waals surface area contributed by atoms with Gasteiger partial charge >= 0.3 is 0 Å². The lowest BCUT2D eigenvalue weighted by molar-refractivity contribution is 0.290. The average molecular weight is 266 g/mol. The Kier molecular flexibility index (Phi) is 4.18. The number of hydrogen-bond acceptors (Lipinski definition) is 2. The Balaban J connectivity index is 1.99. The molecule has 0 bridgehead atoms. The molecule has 0 fully saturated rings. The standard InChI is InChI=1S/C14H13ClFNO/c15-12-8-11(16)6-7-14(12)18-9-13(17)10-4-2-1-3-5-10/h1-8,13H,9,17H2. The second kappa shape index (κ2) is 5.85. The van der Waals surface area contributed by atoms with Crippen LogP contribution in [0.25, 0.3) is 0 Å². The molecule has 0 aliphatic rings. The van der Waals surface area contributed by atoms with Crippen molar-refractivity contribution in [1.82, 2.24) is 0 Å². The van der Waals surface area contributed by atoms with Crippen LogP contribution in [0.5, 0.6) is 5.75 Å². The number of halogens is 2. The zero-order valence-corrected chi connectivity index (χ0v) is 10.4. The van der Waals surface area contributed by atoms with Gasteiger partial charge in [-0.1, -0.05) is 41.9 Å². The van der Waals surface area contributed by atoms with Gasteiger partial charge in [-0.05, 0) is 23.8 Å². The van der Waals surface area contributed by atoms with E-state index in [0.29, 0.717) is 5.75 Å². The highest BCUT2D eigenvalue weighted by Crippen LogP contribution is 2.25. The van der Waals surface area contributed by atoms with E-state index in [1.807, 2.05) is 30.3 Å². The Morgan fingerprint density at radius 2 is 1.89 bits per heavy atom. The first kappa shape index (κ1) is 12.9. The quantitative estimate of drug-likeness (QED) is 0.917. The molecule has 2 nitrogen and oxygen atoms in total. The van der Waals surface area contributed by atoms with Crippen molar-refractivity contribution >= 4 is 11.6 Å². The maximum absolute atomic E-state index is 12.8. The fraction of sp³-hybridized carbons (Fsp3) is 0.143. The summed E-state index contributed by atoms with van der Waals surface area (Å²) in [6.07, 6.45) is 0. The summed E-state index contributed by atoms with van der Waals surface area (Å²) in [7, 11) is 0. The van der Waals surface area contributed by atoms with E-state index in [1.165, 1.54) is 18.2 Å². The van der Waals surface area contributed by atoms with Gasteiger partial charge < -0.3 is 10.5 Å². The van der Waals surface area contributed by atoms with Crippen molar-refractivity contribution in [1.29, 1.82) is 0 Å². The zero-order chi connectivity index (χ0) is 13.0. The fourth-order valence-corrected chi connectivity index (χ4v) is 1.79. The lowest BCUT2D eigenvalue weighted by Gasteiger charge is -2.14. The molecule has 0 saturated heterocycles. The van der Waals surface area contributed by atoms with Crippen LogP contribution in [0.3, 0.4) is 0 Å². The van der Waals surface area contributed by atoms with E-state index < -0.39 is 0 Å². The molecule has 0 heterocycles. The number of nitrogens with two attached hydrogens (primary N) is 1. The van der Waals surface area contributed by atoms with Crippen LogP contribution in [0.4, 0.5) is 4.39 Å². The predicted octanol–water partition coefficient (Wildman–Crippen LogP) is 3.56. The largest absolute Gasteiger partial charge is 0.490 e. The second-order valence-electron chi connectivity index (χ2n) is 3.90. The van der Waals surface area contributed by atoms with Gasteiger partial charge in [0.15, 0.2) is 0 Å². The lowest BCUT2D eigenvalue weighted by atomic mass is 10.1. The summed E-state index contributed by atoms with van der Waals surface area (Å²) in [4.78, 5) is 0. The summed E-state index contributed by atoms with van der Waals surface area (Å²) in [5.74, 6) is 0.0455. The second-order valence-corrected chi connectivity index (χ2v) is 4.31. The van der Waals surface area contributed by atoms with E-state index >= 15 is 0 Å². The number of ether oxygens (including phenoxy) is 1. The zero-order valence-electron chi connectivity index (χ0n) is 9.64. The summed E-state index contributed by atoms with van der Waals surface area (Å²) < 4.78 is 18.3. The van der Waals surface area contributed by atoms with Gasteiger partial charge in [-0.25, -0.2) is 4.39 Å². The van der Waals surface area contributed by atoms with Crippen LogP contribution in [0.15, 0.2) is 48.5 Å². The van der Waals surface area contributed by atoms with Gasteiger partial charge in [-0.2, -0.15) is 0 Å². The topological polar surface area (TPSA) is 35.2 Å². The maximum Gasteiger partial charge on any atom is 0.138 e. The Morgan fingerprint density at radius 1 is 1.17 bits per heavy atom. The Morgan fingerprint density at radius 3 is 2.56 bits per heavy atom. The van der Waals surface area contributed by atoms with Crippen molar-refractivity contribution < 1.29 is 9.13 Å².